The van der Waals surface area contributed by atoms with Gasteiger partial charge in [0.25, 0.3) is 0 Å². The van der Waals surface area contributed by atoms with E-state index in [1.807, 2.05) is 32.0 Å². The van der Waals surface area contributed by atoms with Crippen LogP contribution in [0.4, 0.5) is 0 Å². The molecule has 0 saturated heterocycles. The highest BCUT2D eigenvalue weighted by molar-refractivity contribution is 7.91. The van der Waals surface area contributed by atoms with Gasteiger partial charge in [-0.15, -0.1) is 0 Å². The molecule has 0 spiro atoms. The van der Waals surface area contributed by atoms with Crippen LogP contribution in [0.15, 0.2) is 18.2 Å². The minimum atomic E-state index is -3.39. The van der Waals surface area contributed by atoms with Crippen molar-refractivity contribution in [2.24, 2.45) is 0 Å². The monoisotopic (exact) mass is 255 g/mol. The Labute approximate surface area is 102 Å². The Morgan fingerprint density at radius 1 is 1.18 bits per heavy atom. The van der Waals surface area contributed by atoms with E-state index in [4.69, 9.17) is 0 Å². The van der Waals surface area contributed by atoms with E-state index in [-0.39, 0.29) is 5.75 Å². The zero-order chi connectivity index (χ0) is 13.1. The smallest absolute Gasteiger partial charge is 0.234 e. The maximum atomic E-state index is 11.7. The van der Waals surface area contributed by atoms with E-state index in [1.54, 1.807) is 0 Å². The minimum Gasteiger partial charge on any atom is -0.358 e. The lowest BCUT2D eigenvalue weighted by molar-refractivity contribution is -0.118. The van der Waals surface area contributed by atoms with Gasteiger partial charge in [-0.25, -0.2) is 8.42 Å². The molecule has 1 aromatic rings. The molecule has 0 fully saturated rings. The van der Waals surface area contributed by atoms with Gasteiger partial charge in [0.2, 0.25) is 5.91 Å². The molecule has 1 rings (SSSR count). The van der Waals surface area contributed by atoms with E-state index in [0.717, 1.165) is 16.7 Å². The molecule has 0 atom stereocenters. The van der Waals surface area contributed by atoms with Crippen molar-refractivity contribution in [3.05, 3.63) is 34.9 Å². The van der Waals surface area contributed by atoms with Crippen LogP contribution in [0.2, 0.25) is 0 Å². The van der Waals surface area contributed by atoms with Crippen LogP contribution in [0.3, 0.4) is 0 Å². The second-order valence-corrected chi connectivity index (χ2v) is 6.27. The number of sulfone groups is 1. The fourth-order valence-electron chi connectivity index (χ4n) is 1.73. The summed E-state index contributed by atoms with van der Waals surface area (Å²) in [6, 6.07) is 5.64. The highest BCUT2D eigenvalue weighted by Gasteiger charge is 2.16. The first-order chi connectivity index (χ1) is 7.82. The minimum absolute atomic E-state index is 0.0943. The Balaban J connectivity index is 2.86. The second-order valence-electron chi connectivity index (χ2n) is 4.20. The maximum Gasteiger partial charge on any atom is 0.234 e. The van der Waals surface area contributed by atoms with Crippen molar-refractivity contribution in [1.29, 1.82) is 0 Å². The molecule has 0 radical (unpaired) electrons. The van der Waals surface area contributed by atoms with Crippen molar-refractivity contribution in [1.82, 2.24) is 5.32 Å². The van der Waals surface area contributed by atoms with Gasteiger partial charge in [0.1, 0.15) is 5.75 Å². The number of aryl methyl sites for hydroxylation is 2. The maximum absolute atomic E-state index is 11.7. The number of rotatable bonds is 4. The average molecular weight is 255 g/mol. The van der Waals surface area contributed by atoms with Gasteiger partial charge in [-0.2, -0.15) is 0 Å². The zero-order valence-corrected chi connectivity index (χ0v) is 11.1. The lowest BCUT2D eigenvalue weighted by atomic mass is 10.1. The van der Waals surface area contributed by atoms with Crippen molar-refractivity contribution in [3.8, 4) is 0 Å². The van der Waals surface area contributed by atoms with Crippen LogP contribution < -0.4 is 5.32 Å². The van der Waals surface area contributed by atoms with E-state index in [2.05, 4.69) is 5.32 Å². The lowest BCUT2D eigenvalue weighted by Crippen LogP contribution is -2.27. The van der Waals surface area contributed by atoms with E-state index in [9.17, 15) is 13.2 Å². The Morgan fingerprint density at radius 3 is 2.18 bits per heavy atom. The van der Waals surface area contributed by atoms with Crippen LogP contribution in [0.1, 0.15) is 16.7 Å². The van der Waals surface area contributed by atoms with Gasteiger partial charge in [0.15, 0.2) is 9.84 Å². The third-order valence-corrected chi connectivity index (χ3v) is 3.77. The normalized spacial score (nSPS) is 11.2. The summed E-state index contributed by atoms with van der Waals surface area (Å²) in [5.74, 6) is -1.03. The third kappa shape index (κ3) is 4.56. The summed E-state index contributed by atoms with van der Waals surface area (Å²) in [7, 11) is -1.97. The summed E-state index contributed by atoms with van der Waals surface area (Å²) < 4.78 is 23.5. The van der Waals surface area contributed by atoms with Gasteiger partial charge in [-0.1, -0.05) is 29.3 Å². The molecule has 4 nitrogen and oxygen atoms in total. The van der Waals surface area contributed by atoms with Crippen LogP contribution in [-0.2, 0) is 20.4 Å². The van der Waals surface area contributed by atoms with E-state index in [1.165, 1.54) is 7.05 Å². The number of hydrogen-bond donors (Lipinski definition) is 1. The molecule has 0 aliphatic carbocycles. The molecule has 1 amide bonds. The van der Waals surface area contributed by atoms with Crippen LogP contribution in [-0.4, -0.2) is 27.1 Å². The summed E-state index contributed by atoms with van der Waals surface area (Å²) in [4.78, 5) is 11.1. The number of benzene rings is 1. The number of carbonyl (C=O) groups excluding carboxylic acids is 1. The van der Waals surface area contributed by atoms with Gasteiger partial charge in [0.05, 0.1) is 5.75 Å². The summed E-state index contributed by atoms with van der Waals surface area (Å²) >= 11 is 0. The highest BCUT2D eigenvalue weighted by Crippen LogP contribution is 2.12. The van der Waals surface area contributed by atoms with Gasteiger partial charge in [-0.3, -0.25) is 4.79 Å². The van der Waals surface area contributed by atoms with Crippen LogP contribution >= 0.6 is 0 Å². The van der Waals surface area contributed by atoms with Crippen LogP contribution in [0, 0.1) is 13.8 Å². The van der Waals surface area contributed by atoms with Gasteiger partial charge in [0, 0.05) is 7.05 Å². The summed E-state index contributed by atoms with van der Waals surface area (Å²) in [6.45, 7) is 3.84. The van der Waals surface area contributed by atoms with Crippen molar-refractivity contribution in [2.45, 2.75) is 19.6 Å². The van der Waals surface area contributed by atoms with Crippen molar-refractivity contribution in [3.63, 3.8) is 0 Å². The predicted octanol–water partition coefficient (Wildman–Crippen LogP) is 0.964. The Bertz CT molecular complexity index is 500. The Kier molecular flexibility index (Phi) is 4.28. The van der Waals surface area contributed by atoms with Gasteiger partial charge < -0.3 is 5.32 Å². The molecule has 0 aromatic heterocycles. The molecule has 5 heteroatoms. The molecule has 1 aromatic carbocycles. The quantitative estimate of drug-likeness (QED) is 0.871. The zero-order valence-electron chi connectivity index (χ0n) is 10.3. The van der Waals surface area contributed by atoms with Crippen LogP contribution in [0.25, 0.3) is 0 Å². The largest absolute Gasteiger partial charge is 0.358 e. The predicted molar refractivity (Wildman–Crippen MR) is 67.5 cm³/mol. The van der Waals surface area contributed by atoms with E-state index >= 15 is 0 Å². The first-order valence-corrected chi connectivity index (χ1v) is 7.13. The molecule has 0 saturated carbocycles. The molecule has 0 aliphatic rings. The number of hydrogen-bond acceptors (Lipinski definition) is 3. The van der Waals surface area contributed by atoms with Gasteiger partial charge >= 0.3 is 0 Å². The molecule has 17 heavy (non-hydrogen) atoms. The average Bonchev–Trinajstić information content (AvgIpc) is 2.13. The number of amides is 1. The molecular formula is C12H17NO3S. The Hall–Kier alpha value is -1.36. The SMILES string of the molecule is CNC(=O)CS(=O)(=O)Cc1cc(C)cc(C)c1. The molecule has 94 valence electrons. The van der Waals surface area contributed by atoms with Crippen molar-refractivity contribution in [2.75, 3.05) is 12.8 Å². The standard InChI is InChI=1S/C12H17NO3S/c1-9-4-10(2)6-11(5-9)7-17(15,16)8-12(14)13-3/h4-6H,7-8H2,1-3H3,(H,13,14). The summed E-state index contributed by atoms with van der Waals surface area (Å²) in [6.07, 6.45) is 0. The van der Waals surface area contributed by atoms with Gasteiger partial charge in [-0.05, 0) is 19.4 Å². The summed E-state index contributed by atoms with van der Waals surface area (Å²) in [5, 5.41) is 2.31. The number of nitrogens with one attached hydrogen (secondary N) is 1. The fraction of sp³-hybridized carbons (Fsp3) is 0.417. The second kappa shape index (κ2) is 5.31. The third-order valence-electron chi connectivity index (χ3n) is 2.30. The molecular weight excluding hydrogens is 238 g/mol. The van der Waals surface area contributed by atoms with Crippen LogP contribution in [0.5, 0.6) is 0 Å². The van der Waals surface area contributed by atoms with Crippen molar-refractivity contribution < 1.29 is 13.2 Å². The lowest BCUT2D eigenvalue weighted by Gasteiger charge is -2.06. The Morgan fingerprint density at radius 2 is 1.71 bits per heavy atom. The number of carbonyl (C=O) groups is 1. The molecule has 0 unspecified atom stereocenters. The molecule has 0 heterocycles. The van der Waals surface area contributed by atoms with E-state index < -0.39 is 21.5 Å². The first kappa shape index (κ1) is 13.7. The van der Waals surface area contributed by atoms with E-state index in [0.29, 0.717) is 0 Å². The van der Waals surface area contributed by atoms with Crippen molar-refractivity contribution >= 4 is 15.7 Å². The molecule has 0 bridgehead atoms. The topological polar surface area (TPSA) is 63.2 Å². The molecule has 1 N–H and O–H groups in total. The first-order valence-electron chi connectivity index (χ1n) is 5.30. The summed E-state index contributed by atoms with van der Waals surface area (Å²) in [5.41, 5.74) is 2.77. The molecule has 0 aliphatic heterocycles. The fourth-order valence-corrected chi connectivity index (χ4v) is 3.05. The highest BCUT2D eigenvalue weighted by atomic mass is 32.2.